The summed E-state index contributed by atoms with van der Waals surface area (Å²) in [6, 6.07) is 0.0437. The van der Waals surface area contributed by atoms with Crippen molar-refractivity contribution in [2.75, 3.05) is 21.2 Å². The van der Waals surface area contributed by atoms with E-state index in [2.05, 4.69) is 0 Å². The second-order valence-electron chi connectivity index (χ2n) is 20.7. The van der Waals surface area contributed by atoms with Crippen LogP contribution >= 0.6 is 0 Å². The Bertz CT molecular complexity index is 1680. The zero-order chi connectivity index (χ0) is 47.9. The number of aromatic nitrogens is 1. The molecule has 0 aliphatic carbocycles. The number of likely N-dealkylation sites (N-methyl/N-ethyl adjacent to an activating group) is 1. The van der Waals surface area contributed by atoms with Gasteiger partial charge in [-0.3, -0.25) is 4.79 Å². The maximum atomic E-state index is 14.5. The molecule has 0 spiro atoms. The Balaban J connectivity index is 1.96. The third kappa shape index (κ3) is 11.6. The predicted molar refractivity (Wildman–Crippen MR) is 232 cm³/mol. The summed E-state index contributed by atoms with van der Waals surface area (Å²) < 4.78 is 45.1. The molecule has 0 saturated carbocycles. The highest BCUT2D eigenvalue weighted by Gasteiger charge is 2.54. The quantitative estimate of drug-likeness (QED) is 0.193. The van der Waals surface area contributed by atoms with Crippen LogP contribution in [0.3, 0.4) is 0 Å². The fourth-order valence-corrected chi connectivity index (χ4v) is 10.3. The minimum atomic E-state index is -2.06. The lowest BCUT2D eigenvalue weighted by Gasteiger charge is -2.50. The van der Waals surface area contributed by atoms with Crippen molar-refractivity contribution >= 4 is 11.9 Å². The van der Waals surface area contributed by atoms with Gasteiger partial charge in [-0.05, 0) is 108 Å². The lowest BCUT2D eigenvalue weighted by Crippen LogP contribution is -2.61. The second kappa shape index (κ2) is 20.2. The van der Waals surface area contributed by atoms with Crippen molar-refractivity contribution in [1.29, 1.82) is 0 Å². The number of cyclic esters (lactones) is 1. The fraction of sp³-hybridized carbons (Fsp3) is 0.870. The Morgan fingerprint density at radius 2 is 1.57 bits per heavy atom. The Hall–Kier alpha value is -2.42. The number of hydrogen-bond acceptors (Lipinski definition) is 16. The molecule has 3 fully saturated rings. The maximum Gasteiger partial charge on any atom is 0.359 e. The van der Waals surface area contributed by atoms with Crippen molar-refractivity contribution in [3.8, 4) is 5.75 Å². The van der Waals surface area contributed by atoms with Crippen LogP contribution in [0.2, 0.25) is 0 Å². The zero-order valence-corrected chi connectivity index (χ0v) is 40.5. The molecular formula is C46H80N2O15. The summed E-state index contributed by atoms with van der Waals surface area (Å²) in [6.45, 7) is 21.9. The Labute approximate surface area is 374 Å². The van der Waals surface area contributed by atoms with Crippen molar-refractivity contribution in [2.24, 2.45) is 23.7 Å². The second-order valence-corrected chi connectivity index (χ2v) is 20.7. The van der Waals surface area contributed by atoms with Gasteiger partial charge in [0.2, 0.25) is 0 Å². The van der Waals surface area contributed by atoms with Gasteiger partial charge >= 0.3 is 11.9 Å². The number of aliphatic hydroxyl groups is 5. The molecule has 4 rings (SSSR count). The highest BCUT2D eigenvalue weighted by molar-refractivity contribution is 5.91. The van der Waals surface area contributed by atoms with Crippen LogP contribution in [0.5, 0.6) is 5.75 Å². The van der Waals surface area contributed by atoms with Crippen molar-refractivity contribution in [1.82, 2.24) is 9.47 Å². The topological polar surface area (TPSA) is 228 Å². The number of methoxy groups -OCH3 is 1. The fourth-order valence-electron chi connectivity index (χ4n) is 10.3. The number of esters is 2. The van der Waals surface area contributed by atoms with Crippen LogP contribution in [0.25, 0.3) is 0 Å². The zero-order valence-electron chi connectivity index (χ0n) is 40.5. The van der Waals surface area contributed by atoms with Crippen molar-refractivity contribution in [2.45, 2.75) is 212 Å². The van der Waals surface area contributed by atoms with E-state index >= 15 is 0 Å². The summed E-state index contributed by atoms with van der Waals surface area (Å²) in [6.07, 6.45) is -8.72. The summed E-state index contributed by atoms with van der Waals surface area (Å²) in [5, 5.41) is 71.5. The number of aliphatic hydroxyl groups excluding tert-OH is 3. The van der Waals surface area contributed by atoms with Gasteiger partial charge in [0.15, 0.2) is 18.3 Å². The van der Waals surface area contributed by atoms with E-state index in [4.69, 9.17) is 33.2 Å². The average molecular weight is 901 g/mol. The monoisotopic (exact) mass is 901 g/mol. The molecule has 0 bridgehead atoms. The van der Waals surface area contributed by atoms with Crippen molar-refractivity contribution < 1.29 is 73.4 Å². The van der Waals surface area contributed by atoms with Crippen molar-refractivity contribution in [3.05, 3.63) is 18.0 Å². The van der Waals surface area contributed by atoms with Gasteiger partial charge in [-0.25, -0.2) is 4.79 Å². The summed E-state index contributed by atoms with van der Waals surface area (Å²) in [7, 11) is 5.17. The van der Waals surface area contributed by atoms with Gasteiger partial charge in [0.25, 0.3) is 0 Å². The largest absolute Gasteiger partial charge is 0.505 e. The Morgan fingerprint density at radius 3 is 2.13 bits per heavy atom. The number of aromatic hydroxyl groups is 1. The minimum absolute atomic E-state index is 0.0627. The van der Waals surface area contributed by atoms with Crippen LogP contribution in [0.4, 0.5) is 0 Å². The summed E-state index contributed by atoms with van der Waals surface area (Å²) >= 11 is 0. The van der Waals surface area contributed by atoms with Gasteiger partial charge in [0, 0.05) is 43.6 Å². The first-order valence-electron chi connectivity index (χ1n) is 22.6. The molecule has 3 aliphatic rings. The minimum Gasteiger partial charge on any atom is -0.505 e. The van der Waals surface area contributed by atoms with E-state index in [1.807, 2.05) is 32.8 Å². The number of carbonyl (C=O) groups excluding carboxylic acids is 2. The van der Waals surface area contributed by atoms with E-state index in [-0.39, 0.29) is 42.9 Å². The summed E-state index contributed by atoms with van der Waals surface area (Å²) in [5.41, 5.74) is -6.14. The molecule has 0 amide bonds. The SMILES string of the molecule is CC[C@H]1OC(=O)[C@H](C)[C@@H](O[C@H]2C[C@@](C)(OC)[C@@H](O)[C@H](C)O2)[C@H](C)[C@@H](O[C@@H]2O[C@H](C)C[C@H](N(C)C)[C@H]2O)[C@](C)(O)C[C@@H](C)[C@H](n2ccc(O)c2C(=O)OC(C)(C)C)[C@H](C)[C@@H](O)[C@]1(C)O. The molecule has 3 aliphatic heterocycles. The number of ether oxygens (including phenoxy) is 7. The van der Waals surface area contributed by atoms with Gasteiger partial charge < -0.3 is 73.3 Å². The lowest BCUT2D eigenvalue weighted by molar-refractivity contribution is -0.318. The Morgan fingerprint density at radius 1 is 0.952 bits per heavy atom. The normalized spacial score (nSPS) is 43.9. The van der Waals surface area contributed by atoms with E-state index in [1.54, 1.807) is 69.2 Å². The van der Waals surface area contributed by atoms with Crippen LogP contribution in [-0.2, 0) is 38.0 Å². The molecule has 63 heavy (non-hydrogen) atoms. The standard InChI is InChI=1S/C46H80N2O15/c1-17-31-46(13,56)37(51)25(4)33(48-19-18-30(49)34(48)41(54)63-43(8,9)10)23(2)21-44(11,55)39(62-42-35(50)29(47(14)15)20-24(3)58-42)26(5)36(27(6)40(53)60-31)61-32-22-45(12,57-16)38(52)28(7)59-32/h18-19,23-29,31-33,35-39,42,49-52,55-56H,17,20-22H2,1-16H3/t23-,24-,25+,26+,27-,28+,29+,31-,32+,33+,35-,36+,37-,38+,39-,42+,44-,45-,46-/m1/s1. The molecule has 4 heterocycles. The molecule has 1 aromatic heterocycles. The smallest absolute Gasteiger partial charge is 0.359 e. The van der Waals surface area contributed by atoms with Gasteiger partial charge in [-0.2, -0.15) is 0 Å². The molecule has 19 atom stereocenters. The molecule has 0 aromatic carbocycles. The molecule has 364 valence electrons. The molecule has 0 unspecified atom stereocenters. The van der Waals surface area contributed by atoms with Crippen LogP contribution in [0, 0.1) is 23.7 Å². The number of carbonyl (C=O) groups is 2. The van der Waals surface area contributed by atoms with E-state index in [0.717, 1.165) is 0 Å². The van der Waals surface area contributed by atoms with Crippen LogP contribution in [0.1, 0.15) is 132 Å². The molecule has 6 N–H and O–H groups in total. The van der Waals surface area contributed by atoms with Gasteiger partial charge in [0.05, 0.1) is 47.6 Å². The van der Waals surface area contributed by atoms with E-state index < -0.39 is 119 Å². The number of hydrogen-bond donors (Lipinski definition) is 6. The van der Waals surface area contributed by atoms with Crippen LogP contribution in [0.15, 0.2) is 12.3 Å². The predicted octanol–water partition coefficient (Wildman–Crippen LogP) is 3.92. The first-order valence-corrected chi connectivity index (χ1v) is 22.6. The lowest BCUT2D eigenvalue weighted by atomic mass is 9.72. The van der Waals surface area contributed by atoms with E-state index in [9.17, 15) is 40.2 Å². The molecular weight excluding hydrogens is 821 g/mol. The first-order chi connectivity index (χ1) is 28.9. The van der Waals surface area contributed by atoms with Gasteiger partial charge in [-0.15, -0.1) is 0 Å². The number of rotatable bonds is 9. The summed E-state index contributed by atoms with van der Waals surface area (Å²) in [5.74, 6) is -5.60. The molecule has 3 saturated heterocycles. The van der Waals surface area contributed by atoms with E-state index in [1.165, 1.54) is 30.9 Å². The molecule has 0 radical (unpaired) electrons. The highest BCUT2D eigenvalue weighted by Crippen LogP contribution is 2.45. The first kappa shape index (κ1) is 53.2. The molecule has 17 nitrogen and oxygen atoms in total. The van der Waals surface area contributed by atoms with Crippen LogP contribution in [-0.4, -0.2) is 163 Å². The van der Waals surface area contributed by atoms with E-state index in [0.29, 0.717) is 6.42 Å². The average Bonchev–Trinajstić information content (AvgIpc) is 3.55. The van der Waals surface area contributed by atoms with Crippen LogP contribution < -0.4 is 0 Å². The highest BCUT2D eigenvalue weighted by atomic mass is 16.7. The van der Waals surface area contributed by atoms with Gasteiger partial charge in [-0.1, -0.05) is 27.7 Å². The molecule has 1 aromatic rings. The number of nitrogens with zero attached hydrogens (tertiary/aromatic N) is 2. The van der Waals surface area contributed by atoms with Gasteiger partial charge in [0.1, 0.15) is 35.3 Å². The maximum absolute atomic E-state index is 14.5. The summed E-state index contributed by atoms with van der Waals surface area (Å²) in [4.78, 5) is 30.2. The van der Waals surface area contributed by atoms with Crippen molar-refractivity contribution in [3.63, 3.8) is 0 Å². The molecule has 17 heteroatoms. The Kier molecular flexibility index (Phi) is 17.1. The third-order valence-corrected chi connectivity index (χ3v) is 13.9. The third-order valence-electron chi connectivity index (χ3n) is 13.9.